The molecular formula is C32H39F2N5O5S. The predicted molar refractivity (Wildman–Crippen MR) is 168 cm³/mol. The van der Waals surface area contributed by atoms with Crippen molar-refractivity contribution in [2.24, 2.45) is 5.73 Å². The fourth-order valence-corrected chi connectivity index (χ4v) is 6.04. The van der Waals surface area contributed by atoms with Crippen LogP contribution in [-0.4, -0.2) is 74.2 Å². The summed E-state index contributed by atoms with van der Waals surface area (Å²) in [5, 5.41) is 2.51. The first-order valence-electron chi connectivity index (χ1n) is 14.8. The number of piperidine rings is 1. The number of likely N-dealkylation sites (tertiary alicyclic amines) is 1. The number of sulfonamides is 1. The van der Waals surface area contributed by atoms with Crippen LogP contribution >= 0.6 is 0 Å². The summed E-state index contributed by atoms with van der Waals surface area (Å²) in [6, 6.07) is 14.8. The van der Waals surface area contributed by atoms with Crippen molar-refractivity contribution in [1.82, 2.24) is 14.1 Å². The number of ether oxygens (including phenoxy) is 1. The lowest BCUT2D eigenvalue weighted by molar-refractivity contribution is 0.0996. The summed E-state index contributed by atoms with van der Waals surface area (Å²) in [6.07, 6.45) is 3.06. The molecule has 3 aromatic carbocycles. The molecule has 3 amide bonds. The van der Waals surface area contributed by atoms with Gasteiger partial charge in [-0.05, 0) is 67.3 Å². The van der Waals surface area contributed by atoms with Crippen molar-refractivity contribution in [2.45, 2.75) is 50.1 Å². The quantitative estimate of drug-likeness (QED) is 0.272. The summed E-state index contributed by atoms with van der Waals surface area (Å²) >= 11 is 0. The number of carbonyl (C=O) groups is 2. The molecule has 0 unspecified atom stereocenters. The SMILES string of the molecule is CCCCN(C(=O)Nc1cc(C(N)=O)c(F)cc1F)C1CCN(Cc2ccc(Oc3ccc(S(=O)(=O)N(C)C)cc3)cc2)CC1. The van der Waals surface area contributed by atoms with Crippen molar-refractivity contribution in [3.05, 3.63) is 83.4 Å². The third kappa shape index (κ3) is 8.56. The van der Waals surface area contributed by atoms with E-state index in [-0.39, 0.29) is 16.6 Å². The van der Waals surface area contributed by atoms with Gasteiger partial charge in [0.05, 0.1) is 16.1 Å². The first kappa shape index (κ1) is 33.8. The van der Waals surface area contributed by atoms with E-state index in [4.69, 9.17) is 10.5 Å². The molecule has 0 bridgehead atoms. The maximum absolute atomic E-state index is 14.4. The lowest BCUT2D eigenvalue weighted by atomic mass is 10.0. The van der Waals surface area contributed by atoms with Gasteiger partial charge in [-0.15, -0.1) is 0 Å². The first-order chi connectivity index (χ1) is 21.4. The van der Waals surface area contributed by atoms with Crippen LogP contribution in [0.5, 0.6) is 11.5 Å². The Hall–Kier alpha value is -4.07. The van der Waals surface area contributed by atoms with Gasteiger partial charge in [0, 0.05) is 52.4 Å². The largest absolute Gasteiger partial charge is 0.457 e. The summed E-state index contributed by atoms with van der Waals surface area (Å²) in [6.45, 7) is 4.70. The molecule has 0 aromatic heterocycles. The summed E-state index contributed by atoms with van der Waals surface area (Å²) in [5.41, 5.74) is 5.48. The third-order valence-electron chi connectivity index (χ3n) is 7.74. The van der Waals surface area contributed by atoms with Gasteiger partial charge in [-0.1, -0.05) is 25.5 Å². The zero-order chi connectivity index (χ0) is 32.7. The van der Waals surface area contributed by atoms with Crippen LogP contribution in [0, 0.1) is 11.6 Å². The Morgan fingerprint density at radius 1 is 0.978 bits per heavy atom. The number of urea groups is 1. The highest BCUT2D eigenvalue weighted by Gasteiger charge is 2.29. The number of nitrogens with two attached hydrogens (primary N) is 1. The molecule has 45 heavy (non-hydrogen) atoms. The number of benzene rings is 3. The van der Waals surface area contributed by atoms with E-state index in [1.807, 2.05) is 31.2 Å². The average Bonchev–Trinajstić information content (AvgIpc) is 3.00. The van der Waals surface area contributed by atoms with Crippen molar-refractivity contribution < 1.29 is 31.5 Å². The molecule has 1 aliphatic heterocycles. The van der Waals surface area contributed by atoms with Crippen LogP contribution in [0.15, 0.2) is 65.6 Å². The molecule has 0 atom stereocenters. The van der Waals surface area contributed by atoms with Gasteiger partial charge in [0.25, 0.3) is 5.91 Å². The number of unbranched alkanes of at least 4 members (excludes halogenated alkanes) is 1. The number of amides is 3. The van der Waals surface area contributed by atoms with Gasteiger partial charge in [0.15, 0.2) is 0 Å². The second-order valence-corrected chi connectivity index (χ2v) is 13.3. The molecule has 4 rings (SSSR count). The number of anilines is 1. The Morgan fingerprint density at radius 3 is 2.13 bits per heavy atom. The number of hydrogen-bond acceptors (Lipinski definition) is 6. The third-order valence-corrected chi connectivity index (χ3v) is 9.57. The van der Waals surface area contributed by atoms with E-state index in [1.54, 1.807) is 17.0 Å². The van der Waals surface area contributed by atoms with Crippen molar-refractivity contribution in [3.8, 4) is 11.5 Å². The average molecular weight is 644 g/mol. The summed E-state index contributed by atoms with van der Waals surface area (Å²) in [5.74, 6) is -1.97. The molecule has 3 N–H and O–H groups in total. The molecule has 3 aromatic rings. The van der Waals surface area contributed by atoms with E-state index < -0.39 is 39.2 Å². The highest BCUT2D eigenvalue weighted by molar-refractivity contribution is 7.89. The zero-order valence-electron chi connectivity index (χ0n) is 25.6. The van der Waals surface area contributed by atoms with Crippen molar-refractivity contribution >= 4 is 27.6 Å². The van der Waals surface area contributed by atoms with Gasteiger partial charge in [0.1, 0.15) is 23.1 Å². The van der Waals surface area contributed by atoms with Crippen LogP contribution in [0.1, 0.15) is 48.5 Å². The Morgan fingerprint density at radius 2 is 1.58 bits per heavy atom. The molecule has 13 heteroatoms. The molecule has 0 radical (unpaired) electrons. The molecule has 1 fully saturated rings. The van der Waals surface area contributed by atoms with Crippen LogP contribution in [0.4, 0.5) is 19.3 Å². The van der Waals surface area contributed by atoms with Crippen LogP contribution in [-0.2, 0) is 16.6 Å². The maximum atomic E-state index is 14.4. The predicted octanol–water partition coefficient (Wildman–Crippen LogP) is 5.40. The van der Waals surface area contributed by atoms with Gasteiger partial charge >= 0.3 is 6.03 Å². The molecular weight excluding hydrogens is 604 g/mol. The van der Waals surface area contributed by atoms with E-state index in [0.717, 1.165) is 54.7 Å². The standard InChI is InChI=1S/C32H39F2N5O5S/c1-4-5-16-39(32(41)36-30-19-27(31(35)40)28(33)20-29(30)34)23-14-17-38(18-15-23)21-22-6-8-24(9-7-22)44-25-10-12-26(13-11-25)45(42,43)37(2)3/h6-13,19-20,23H,4-5,14-18,21H2,1-3H3,(H2,35,40)(H,36,41). The van der Waals surface area contributed by atoms with E-state index in [0.29, 0.717) is 30.7 Å². The second kappa shape index (κ2) is 14.8. The topological polar surface area (TPSA) is 125 Å². The number of carbonyl (C=O) groups excluding carboxylic acids is 2. The highest BCUT2D eigenvalue weighted by Crippen LogP contribution is 2.26. The number of nitrogens with zero attached hydrogens (tertiary/aromatic N) is 3. The lowest BCUT2D eigenvalue weighted by Crippen LogP contribution is -2.49. The Labute approximate surface area is 262 Å². The van der Waals surface area contributed by atoms with Crippen molar-refractivity contribution in [3.63, 3.8) is 0 Å². The van der Waals surface area contributed by atoms with Gasteiger partial charge in [0.2, 0.25) is 10.0 Å². The molecule has 1 saturated heterocycles. The van der Waals surface area contributed by atoms with Crippen LogP contribution in [0.2, 0.25) is 0 Å². The Bertz CT molecular complexity index is 1590. The fourth-order valence-electron chi connectivity index (χ4n) is 5.14. The van der Waals surface area contributed by atoms with Crippen LogP contribution in [0.25, 0.3) is 0 Å². The number of primary amides is 1. The smallest absolute Gasteiger partial charge is 0.322 e. The highest BCUT2D eigenvalue weighted by atomic mass is 32.2. The van der Waals surface area contributed by atoms with Crippen molar-refractivity contribution in [2.75, 3.05) is 39.0 Å². The maximum Gasteiger partial charge on any atom is 0.322 e. The van der Waals surface area contributed by atoms with E-state index in [9.17, 15) is 26.8 Å². The monoisotopic (exact) mass is 643 g/mol. The first-order valence-corrected chi connectivity index (χ1v) is 16.2. The fraction of sp³-hybridized carbons (Fsp3) is 0.375. The Kier molecular flexibility index (Phi) is 11.1. The molecule has 242 valence electrons. The summed E-state index contributed by atoms with van der Waals surface area (Å²) in [4.78, 5) is 28.9. The number of hydrogen-bond donors (Lipinski definition) is 2. The van der Waals surface area contributed by atoms with Crippen LogP contribution in [0.3, 0.4) is 0 Å². The molecule has 0 aliphatic carbocycles. The number of halogens is 2. The number of nitrogens with one attached hydrogen (secondary N) is 1. The normalized spacial score (nSPS) is 14.4. The summed E-state index contributed by atoms with van der Waals surface area (Å²) < 4.78 is 59.9. The molecule has 1 aliphatic rings. The number of rotatable bonds is 12. The van der Waals surface area contributed by atoms with Gasteiger partial charge in [-0.2, -0.15) is 0 Å². The lowest BCUT2D eigenvalue weighted by Gasteiger charge is -2.38. The van der Waals surface area contributed by atoms with Gasteiger partial charge in [-0.3, -0.25) is 9.69 Å². The van der Waals surface area contributed by atoms with E-state index in [1.165, 1.54) is 26.2 Å². The van der Waals surface area contributed by atoms with Crippen LogP contribution < -0.4 is 15.8 Å². The second-order valence-electron chi connectivity index (χ2n) is 11.2. The minimum atomic E-state index is -3.51. The molecule has 1 heterocycles. The minimum absolute atomic E-state index is 0.0678. The summed E-state index contributed by atoms with van der Waals surface area (Å²) in [7, 11) is -0.548. The molecule has 10 nitrogen and oxygen atoms in total. The minimum Gasteiger partial charge on any atom is -0.457 e. The zero-order valence-corrected chi connectivity index (χ0v) is 26.4. The van der Waals surface area contributed by atoms with Gasteiger partial charge in [-0.25, -0.2) is 26.3 Å². The molecule has 0 spiro atoms. The van der Waals surface area contributed by atoms with E-state index in [2.05, 4.69) is 10.2 Å². The Balaban J connectivity index is 1.32. The van der Waals surface area contributed by atoms with Crippen molar-refractivity contribution in [1.29, 1.82) is 0 Å². The molecule has 0 saturated carbocycles. The van der Waals surface area contributed by atoms with E-state index >= 15 is 0 Å². The van der Waals surface area contributed by atoms with Gasteiger partial charge < -0.3 is 20.7 Å².